The summed E-state index contributed by atoms with van der Waals surface area (Å²) in [5.74, 6) is -0.221. The molecule has 3 rings (SSSR count). The second-order valence-electron chi connectivity index (χ2n) is 5.82. The molecule has 0 aliphatic rings. The van der Waals surface area contributed by atoms with Crippen LogP contribution in [0.4, 0.5) is 0 Å². The van der Waals surface area contributed by atoms with Gasteiger partial charge >= 0.3 is 0 Å². The summed E-state index contributed by atoms with van der Waals surface area (Å²) < 4.78 is 1.67. The molecule has 0 aliphatic heterocycles. The third-order valence-corrected chi connectivity index (χ3v) is 4.30. The summed E-state index contributed by atoms with van der Waals surface area (Å²) >= 11 is 6.17. The second kappa shape index (κ2) is 8.32. The molecule has 1 amide bonds. The molecule has 0 N–H and O–H groups in total. The lowest BCUT2D eigenvalue weighted by Gasteiger charge is -2.18. The Kier molecular flexibility index (Phi) is 5.67. The smallest absolute Gasteiger partial charge is 0.258 e. The maximum Gasteiger partial charge on any atom is 0.258 e. The highest BCUT2D eigenvalue weighted by atomic mass is 35.5. The van der Waals surface area contributed by atoms with E-state index in [2.05, 4.69) is 11.2 Å². The molecule has 0 atom stereocenters. The summed E-state index contributed by atoms with van der Waals surface area (Å²) in [5, 5.41) is 14.0. The number of benzene rings is 2. The maximum absolute atomic E-state index is 12.8. The van der Waals surface area contributed by atoms with Gasteiger partial charge in [-0.15, -0.1) is 0 Å². The van der Waals surface area contributed by atoms with Crippen LogP contribution >= 0.6 is 11.6 Å². The van der Waals surface area contributed by atoms with Crippen LogP contribution in [0.3, 0.4) is 0 Å². The molecule has 0 saturated carbocycles. The van der Waals surface area contributed by atoms with Crippen molar-refractivity contribution < 1.29 is 4.79 Å². The number of amides is 1. The van der Waals surface area contributed by atoms with E-state index in [1.807, 2.05) is 54.6 Å². The summed E-state index contributed by atoms with van der Waals surface area (Å²) in [6, 6.07) is 19.2. The summed E-state index contributed by atoms with van der Waals surface area (Å²) in [5.41, 5.74) is 2.34. The first-order valence-corrected chi connectivity index (χ1v) is 8.51. The van der Waals surface area contributed by atoms with Crippen LogP contribution in [0.15, 0.2) is 67.0 Å². The number of aromatic nitrogens is 2. The Hall–Kier alpha value is -3.10. The topological polar surface area (TPSA) is 61.9 Å². The number of rotatable bonds is 6. The first-order chi connectivity index (χ1) is 12.7. The number of halogens is 1. The molecular formula is C20H17ClN4O. The molecular weight excluding hydrogens is 348 g/mol. The minimum absolute atomic E-state index is 0.0173. The molecule has 0 fully saturated rings. The van der Waals surface area contributed by atoms with Crippen LogP contribution in [-0.4, -0.2) is 27.1 Å². The lowest BCUT2D eigenvalue weighted by Crippen LogP contribution is -2.30. The molecule has 3 aromatic rings. The fraction of sp³-hybridized carbons (Fsp3) is 0.150. The van der Waals surface area contributed by atoms with E-state index in [-0.39, 0.29) is 12.5 Å². The van der Waals surface area contributed by atoms with E-state index in [4.69, 9.17) is 16.9 Å². The number of nitrogens with zero attached hydrogens (tertiary/aromatic N) is 4. The average Bonchev–Trinajstić information content (AvgIpc) is 3.12. The van der Waals surface area contributed by atoms with E-state index in [9.17, 15) is 4.79 Å². The standard InChI is InChI=1S/C20H17ClN4O/c21-19-9-5-4-8-17(19)14-25-15-18(12-23-25)20(26)24(11-10-22)13-16-6-2-1-3-7-16/h1-9,12,15H,11,13-14H2. The maximum atomic E-state index is 12.8. The number of carbonyl (C=O) groups excluding carboxylic acids is 1. The number of nitriles is 1. The molecule has 1 aromatic heterocycles. The van der Waals surface area contributed by atoms with Gasteiger partial charge in [0.1, 0.15) is 6.54 Å². The Balaban J connectivity index is 1.75. The van der Waals surface area contributed by atoms with Gasteiger partial charge in [-0.1, -0.05) is 60.1 Å². The van der Waals surface area contributed by atoms with Crippen LogP contribution in [0.2, 0.25) is 5.02 Å². The lowest BCUT2D eigenvalue weighted by atomic mass is 10.2. The van der Waals surface area contributed by atoms with Gasteiger partial charge in [0.25, 0.3) is 5.91 Å². The van der Waals surface area contributed by atoms with Crippen molar-refractivity contribution in [3.63, 3.8) is 0 Å². The Morgan fingerprint density at radius 1 is 1.15 bits per heavy atom. The molecule has 130 valence electrons. The molecule has 0 unspecified atom stereocenters. The molecule has 2 aromatic carbocycles. The number of hydrogen-bond acceptors (Lipinski definition) is 3. The van der Waals surface area contributed by atoms with Gasteiger partial charge in [0.15, 0.2) is 0 Å². The Morgan fingerprint density at radius 3 is 2.62 bits per heavy atom. The van der Waals surface area contributed by atoms with E-state index < -0.39 is 0 Å². The van der Waals surface area contributed by atoms with Crippen molar-refractivity contribution in [1.82, 2.24) is 14.7 Å². The van der Waals surface area contributed by atoms with Gasteiger partial charge in [0, 0.05) is 17.8 Å². The van der Waals surface area contributed by atoms with E-state index in [1.54, 1.807) is 10.9 Å². The second-order valence-corrected chi connectivity index (χ2v) is 6.23. The van der Waals surface area contributed by atoms with E-state index in [1.165, 1.54) is 11.1 Å². The summed E-state index contributed by atoms with van der Waals surface area (Å²) in [6.07, 6.45) is 3.20. The third-order valence-electron chi connectivity index (χ3n) is 3.94. The van der Waals surface area contributed by atoms with Crippen LogP contribution < -0.4 is 0 Å². The Labute approximate surface area is 157 Å². The molecule has 6 heteroatoms. The fourth-order valence-electron chi connectivity index (χ4n) is 2.63. The van der Waals surface area contributed by atoms with Crippen LogP contribution in [0.1, 0.15) is 21.5 Å². The van der Waals surface area contributed by atoms with Gasteiger partial charge < -0.3 is 4.90 Å². The van der Waals surface area contributed by atoms with Gasteiger partial charge in [-0.2, -0.15) is 10.4 Å². The van der Waals surface area contributed by atoms with Crippen LogP contribution in [0, 0.1) is 11.3 Å². The molecule has 0 spiro atoms. The third kappa shape index (κ3) is 4.29. The molecule has 26 heavy (non-hydrogen) atoms. The highest BCUT2D eigenvalue weighted by Crippen LogP contribution is 2.16. The summed E-state index contributed by atoms with van der Waals surface area (Å²) in [4.78, 5) is 14.3. The van der Waals surface area contributed by atoms with Crippen molar-refractivity contribution in [2.75, 3.05) is 6.54 Å². The first kappa shape index (κ1) is 17.7. The molecule has 0 bridgehead atoms. The van der Waals surface area contributed by atoms with Crippen molar-refractivity contribution in [2.24, 2.45) is 0 Å². The number of carbonyl (C=O) groups is 1. The predicted molar refractivity (Wildman–Crippen MR) is 99.6 cm³/mol. The Bertz CT molecular complexity index is 930. The van der Waals surface area contributed by atoms with Gasteiger partial charge in [0.05, 0.1) is 24.4 Å². The van der Waals surface area contributed by atoms with Gasteiger partial charge in [0.2, 0.25) is 0 Å². The predicted octanol–water partition coefficient (Wildman–Crippen LogP) is 3.75. The highest BCUT2D eigenvalue weighted by molar-refractivity contribution is 6.31. The van der Waals surface area contributed by atoms with Crippen molar-refractivity contribution in [1.29, 1.82) is 5.26 Å². The number of hydrogen-bond donors (Lipinski definition) is 0. The zero-order chi connectivity index (χ0) is 18.4. The quantitative estimate of drug-likeness (QED) is 0.626. The van der Waals surface area contributed by atoms with Gasteiger partial charge in [-0.25, -0.2) is 0 Å². The van der Waals surface area contributed by atoms with Crippen LogP contribution in [0.5, 0.6) is 0 Å². The average molecular weight is 365 g/mol. The van der Waals surface area contributed by atoms with Crippen molar-refractivity contribution in [3.05, 3.63) is 88.7 Å². The minimum atomic E-state index is -0.221. The normalized spacial score (nSPS) is 10.3. The monoisotopic (exact) mass is 364 g/mol. The zero-order valence-corrected chi connectivity index (χ0v) is 14.8. The fourth-order valence-corrected chi connectivity index (χ4v) is 2.83. The summed E-state index contributed by atoms with van der Waals surface area (Å²) in [7, 11) is 0. The van der Waals surface area contributed by atoms with Gasteiger partial charge in [-0.3, -0.25) is 9.48 Å². The molecule has 5 nitrogen and oxygen atoms in total. The highest BCUT2D eigenvalue weighted by Gasteiger charge is 2.18. The summed E-state index contributed by atoms with van der Waals surface area (Å²) in [6.45, 7) is 0.871. The first-order valence-electron chi connectivity index (χ1n) is 8.13. The Morgan fingerprint density at radius 2 is 1.88 bits per heavy atom. The molecule has 0 saturated heterocycles. The van der Waals surface area contributed by atoms with Crippen molar-refractivity contribution in [3.8, 4) is 6.07 Å². The van der Waals surface area contributed by atoms with E-state index in [0.717, 1.165) is 11.1 Å². The SMILES string of the molecule is N#CCN(Cc1ccccc1)C(=O)c1cnn(Cc2ccccc2Cl)c1. The zero-order valence-electron chi connectivity index (χ0n) is 14.0. The molecule has 0 radical (unpaired) electrons. The minimum Gasteiger partial charge on any atom is -0.321 e. The van der Waals surface area contributed by atoms with Crippen LogP contribution in [0.25, 0.3) is 0 Å². The lowest BCUT2D eigenvalue weighted by molar-refractivity contribution is 0.0765. The molecule has 1 heterocycles. The largest absolute Gasteiger partial charge is 0.321 e. The molecule has 0 aliphatic carbocycles. The van der Waals surface area contributed by atoms with Crippen molar-refractivity contribution in [2.45, 2.75) is 13.1 Å². The van der Waals surface area contributed by atoms with E-state index >= 15 is 0 Å². The van der Waals surface area contributed by atoms with E-state index in [0.29, 0.717) is 23.7 Å². The van der Waals surface area contributed by atoms with Crippen LogP contribution in [-0.2, 0) is 13.1 Å². The van der Waals surface area contributed by atoms with Gasteiger partial charge in [-0.05, 0) is 17.2 Å². The van der Waals surface area contributed by atoms with Crippen molar-refractivity contribution >= 4 is 17.5 Å².